The van der Waals surface area contributed by atoms with Gasteiger partial charge in [-0.3, -0.25) is 37.3 Å². The first-order valence-corrected chi connectivity index (χ1v) is 49.9. The molecule has 0 aromatic heterocycles. The minimum atomic E-state index is -4.97. The van der Waals surface area contributed by atoms with Gasteiger partial charge in [0.05, 0.1) is 26.4 Å². The molecule has 0 aromatic carbocycles. The van der Waals surface area contributed by atoms with Gasteiger partial charge in [0, 0.05) is 25.7 Å². The van der Waals surface area contributed by atoms with Crippen LogP contribution >= 0.6 is 15.6 Å². The van der Waals surface area contributed by atoms with Gasteiger partial charge in [-0.15, -0.1) is 0 Å². The molecule has 0 spiro atoms. The SMILES string of the molecule is CCCCCCCCCCCCCCCCCCCCCCCCC(=O)O[C@H](COC(=O)CCCCCCCCCCCCCCCCCCCCC(C)C)COP(=O)(O)OC[C@@H](O)COP(=O)(O)OC[C@@H](COC(=O)CCCCCCCCCCC(C)CC)OC(=O)CCCCCCCCCCCCCCC(C)C. The van der Waals surface area contributed by atoms with Crippen LogP contribution < -0.4 is 0 Å². The molecule has 0 saturated carbocycles. The van der Waals surface area contributed by atoms with Crippen LogP contribution in [0.5, 0.6) is 0 Å². The normalized spacial score (nSPS) is 14.0. The molecule has 0 amide bonds. The largest absolute Gasteiger partial charge is 0.472 e. The third-order valence-corrected chi connectivity index (χ3v) is 23.6. The van der Waals surface area contributed by atoms with E-state index in [2.05, 4.69) is 48.5 Å². The van der Waals surface area contributed by atoms with Crippen molar-refractivity contribution in [2.45, 2.75) is 503 Å². The molecule has 0 aliphatic carbocycles. The Morgan fingerprint density at radius 2 is 0.464 bits per heavy atom. The Labute approximate surface area is 677 Å². The van der Waals surface area contributed by atoms with E-state index in [9.17, 15) is 43.2 Å². The van der Waals surface area contributed by atoms with Gasteiger partial charge in [0.15, 0.2) is 12.2 Å². The van der Waals surface area contributed by atoms with Crippen molar-refractivity contribution in [3.63, 3.8) is 0 Å². The van der Waals surface area contributed by atoms with E-state index >= 15 is 0 Å². The number of phosphoric ester groups is 2. The fraction of sp³-hybridized carbons (Fsp3) is 0.956. The molecule has 0 aliphatic heterocycles. The number of esters is 4. The molecular formula is C91H178O17P2. The molecule has 0 fully saturated rings. The van der Waals surface area contributed by atoms with E-state index in [-0.39, 0.29) is 25.7 Å². The monoisotopic (exact) mass is 1610 g/mol. The summed E-state index contributed by atoms with van der Waals surface area (Å²) in [6.07, 6.45) is 73.7. The van der Waals surface area contributed by atoms with Crippen molar-refractivity contribution in [1.82, 2.24) is 0 Å². The molecule has 17 nitrogen and oxygen atoms in total. The van der Waals surface area contributed by atoms with Gasteiger partial charge < -0.3 is 33.8 Å². The van der Waals surface area contributed by atoms with E-state index in [4.69, 9.17) is 37.0 Å². The van der Waals surface area contributed by atoms with Crippen molar-refractivity contribution in [1.29, 1.82) is 0 Å². The third kappa shape index (κ3) is 82.6. The summed E-state index contributed by atoms with van der Waals surface area (Å²) in [5, 5.41) is 10.7. The first kappa shape index (κ1) is 108. The Kier molecular flexibility index (Phi) is 79.4. The van der Waals surface area contributed by atoms with Crippen molar-refractivity contribution in [3.05, 3.63) is 0 Å². The second kappa shape index (κ2) is 80.8. The fourth-order valence-electron chi connectivity index (χ4n) is 14.2. The minimum Gasteiger partial charge on any atom is -0.462 e. The first-order valence-electron chi connectivity index (χ1n) is 46.9. The number of carbonyl (C=O) groups is 4. The molecule has 0 rings (SSSR count). The number of ether oxygens (including phenoxy) is 4. The zero-order valence-electron chi connectivity index (χ0n) is 72.7. The standard InChI is InChI=1S/C91H178O17P2/c1-8-10-11-12-13-14-15-16-17-18-19-20-21-22-27-30-33-39-44-53-60-67-74-90(95)107-86(78-101-88(93)72-65-58-51-43-38-32-29-26-24-23-25-28-31-36-41-48-55-62-69-82(3)4)80-105-109(97,98)103-76-85(92)77-104-110(99,100)106-81-87(79-102-89(94)73-66-59-52-47-46-50-57-64-71-84(7)9-2)108-91(96)75-68-61-54-45-40-35-34-37-42-49-56-63-70-83(5)6/h82-87,92H,8-81H2,1-7H3,(H,97,98)(H,99,100)/t84?,85-,86-,87-/m1/s1. The highest BCUT2D eigenvalue weighted by molar-refractivity contribution is 7.47. The molecule has 6 atom stereocenters. The Hall–Kier alpha value is -1.94. The lowest BCUT2D eigenvalue weighted by molar-refractivity contribution is -0.161. The molecular weight excluding hydrogens is 1430 g/mol. The lowest BCUT2D eigenvalue weighted by Crippen LogP contribution is -2.30. The maximum atomic E-state index is 13.2. The zero-order chi connectivity index (χ0) is 80.8. The molecule has 0 bridgehead atoms. The summed E-state index contributed by atoms with van der Waals surface area (Å²) in [4.78, 5) is 73.4. The van der Waals surface area contributed by atoms with Crippen molar-refractivity contribution in [2.24, 2.45) is 17.8 Å². The van der Waals surface area contributed by atoms with Crippen LogP contribution in [0.3, 0.4) is 0 Å². The summed E-state index contributed by atoms with van der Waals surface area (Å²) in [6.45, 7) is 12.1. The number of rotatable bonds is 89. The van der Waals surface area contributed by atoms with Crippen molar-refractivity contribution in [2.75, 3.05) is 39.6 Å². The number of carbonyl (C=O) groups excluding carboxylic acids is 4. The molecule has 0 aliphatic rings. The zero-order valence-corrected chi connectivity index (χ0v) is 74.5. The molecule has 0 heterocycles. The van der Waals surface area contributed by atoms with Crippen LogP contribution in [-0.2, 0) is 65.4 Å². The van der Waals surface area contributed by atoms with Gasteiger partial charge in [0.2, 0.25) is 0 Å². The van der Waals surface area contributed by atoms with E-state index in [1.165, 1.54) is 295 Å². The summed E-state index contributed by atoms with van der Waals surface area (Å²) < 4.78 is 69.1. The van der Waals surface area contributed by atoms with E-state index in [1.54, 1.807) is 0 Å². The highest BCUT2D eigenvalue weighted by Gasteiger charge is 2.31. The number of phosphoric acid groups is 2. The summed E-state index contributed by atoms with van der Waals surface area (Å²) in [5.74, 6) is 0.277. The smallest absolute Gasteiger partial charge is 0.462 e. The average molecular weight is 1610 g/mol. The van der Waals surface area contributed by atoms with Gasteiger partial charge in [-0.25, -0.2) is 9.13 Å². The molecule has 0 radical (unpaired) electrons. The van der Waals surface area contributed by atoms with Crippen LogP contribution in [0.1, 0.15) is 485 Å². The number of aliphatic hydroxyl groups is 1. The Morgan fingerprint density at radius 1 is 0.264 bits per heavy atom. The Morgan fingerprint density at radius 3 is 0.691 bits per heavy atom. The van der Waals surface area contributed by atoms with Gasteiger partial charge >= 0.3 is 39.5 Å². The summed E-state index contributed by atoms with van der Waals surface area (Å²) >= 11 is 0. The minimum absolute atomic E-state index is 0.107. The summed E-state index contributed by atoms with van der Waals surface area (Å²) in [6, 6.07) is 0. The quantitative estimate of drug-likeness (QED) is 0.0222. The van der Waals surface area contributed by atoms with E-state index < -0.39 is 97.5 Å². The number of hydrogen-bond donors (Lipinski definition) is 3. The molecule has 654 valence electrons. The van der Waals surface area contributed by atoms with Crippen molar-refractivity contribution < 1.29 is 80.2 Å². The molecule has 110 heavy (non-hydrogen) atoms. The highest BCUT2D eigenvalue weighted by Crippen LogP contribution is 2.45. The molecule has 3 unspecified atom stereocenters. The first-order chi connectivity index (χ1) is 53.3. The van der Waals surface area contributed by atoms with Crippen LogP contribution in [0.15, 0.2) is 0 Å². The van der Waals surface area contributed by atoms with Crippen LogP contribution in [0.4, 0.5) is 0 Å². The van der Waals surface area contributed by atoms with Gasteiger partial charge in [-0.1, -0.05) is 434 Å². The molecule has 3 N–H and O–H groups in total. The lowest BCUT2D eigenvalue weighted by atomic mass is 9.99. The summed E-state index contributed by atoms with van der Waals surface area (Å²) in [7, 11) is -9.94. The fourth-order valence-corrected chi connectivity index (χ4v) is 15.8. The van der Waals surface area contributed by atoms with Gasteiger partial charge in [0.1, 0.15) is 19.3 Å². The average Bonchev–Trinajstić information content (AvgIpc) is 0.899. The van der Waals surface area contributed by atoms with E-state index in [0.29, 0.717) is 25.7 Å². The highest BCUT2D eigenvalue weighted by atomic mass is 31.2. The lowest BCUT2D eigenvalue weighted by Gasteiger charge is -2.21. The van der Waals surface area contributed by atoms with Crippen LogP contribution in [0, 0.1) is 17.8 Å². The van der Waals surface area contributed by atoms with E-state index in [1.807, 2.05) is 0 Å². The number of unbranched alkanes of at least 4 members (excludes halogenated alkanes) is 56. The second-order valence-electron chi connectivity index (χ2n) is 33.9. The van der Waals surface area contributed by atoms with Gasteiger partial charge in [0.25, 0.3) is 0 Å². The van der Waals surface area contributed by atoms with Crippen LogP contribution in [0.25, 0.3) is 0 Å². The van der Waals surface area contributed by atoms with Gasteiger partial charge in [-0.2, -0.15) is 0 Å². The van der Waals surface area contributed by atoms with Crippen molar-refractivity contribution >= 4 is 39.5 Å². The van der Waals surface area contributed by atoms with Crippen molar-refractivity contribution in [3.8, 4) is 0 Å². The number of aliphatic hydroxyl groups excluding tert-OH is 1. The van der Waals surface area contributed by atoms with Gasteiger partial charge in [-0.05, 0) is 43.4 Å². The maximum absolute atomic E-state index is 13.2. The predicted octanol–water partition coefficient (Wildman–Crippen LogP) is 28.0. The van der Waals surface area contributed by atoms with Crippen LogP contribution in [0.2, 0.25) is 0 Å². The molecule has 0 saturated heterocycles. The summed E-state index contributed by atoms with van der Waals surface area (Å²) in [5.41, 5.74) is 0. The predicted molar refractivity (Wildman–Crippen MR) is 455 cm³/mol. The Balaban J connectivity index is 5.24. The molecule has 19 heteroatoms. The maximum Gasteiger partial charge on any atom is 0.472 e. The molecule has 0 aromatic rings. The second-order valence-corrected chi connectivity index (χ2v) is 36.8. The topological polar surface area (TPSA) is 237 Å². The van der Waals surface area contributed by atoms with E-state index in [0.717, 1.165) is 108 Å². The van der Waals surface area contributed by atoms with Crippen LogP contribution in [-0.4, -0.2) is 96.7 Å². The number of hydrogen-bond acceptors (Lipinski definition) is 15. The third-order valence-electron chi connectivity index (χ3n) is 21.7. The Bertz CT molecular complexity index is 2120.